The van der Waals surface area contributed by atoms with E-state index in [-0.39, 0.29) is 30.2 Å². The van der Waals surface area contributed by atoms with E-state index in [2.05, 4.69) is 10.4 Å². The summed E-state index contributed by atoms with van der Waals surface area (Å²) in [5.74, 6) is -0.205. The summed E-state index contributed by atoms with van der Waals surface area (Å²) < 4.78 is 55.1. The molecule has 0 unspecified atom stereocenters. The molecule has 0 aliphatic carbocycles. The monoisotopic (exact) mass is 498 g/mol. The zero-order valence-electron chi connectivity index (χ0n) is 18.3. The van der Waals surface area contributed by atoms with E-state index in [9.17, 15) is 18.0 Å². The van der Waals surface area contributed by atoms with Gasteiger partial charge in [-0.25, -0.2) is 0 Å². The first-order valence-corrected chi connectivity index (χ1v) is 10.3. The van der Waals surface area contributed by atoms with Crippen LogP contribution in [0.2, 0.25) is 5.02 Å². The normalized spacial score (nSPS) is 11.3. The topological polar surface area (TPSA) is 101 Å². The molecule has 0 atom stereocenters. The number of aryl methyl sites for hydroxylation is 1. The largest absolute Gasteiger partial charge is 0.497 e. The lowest BCUT2D eigenvalue weighted by Gasteiger charge is -2.16. The number of carbonyl (C=O) groups excluding carboxylic acids is 1. The summed E-state index contributed by atoms with van der Waals surface area (Å²) in [5, 5.41) is 7.14. The first kappa shape index (κ1) is 25.2. The third-order valence-corrected chi connectivity index (χ3v) is 4.86. The maximum Gasteiger partial charge on any atom is 0.422 e. The van der Waals surface area contributed by atoms with Crippen LogP contribution in [0.15, 0.2) is 42.6 Å². The van der Waals surface area contributed by atoms with E-state index >= 15 is 0 Å². The number of amides is 1. The molecule has 0 saturated heterocycles. The molecule has 0 bridgehead atoms. The second-order valence-corrected chi connectivity index (χ2v) is 7.44. The molecule has 2 aromatic carbocycles. The zero-order valence-corrected chi connectivity index (χ0v) is 19.0. The van der Waals surface area contributed by atoms with Crippen molar-refractivity contribution in [3.8, 4) is 28.5 Å². The van der Waals surface area contributed by atoms with E-state index in [1.807, 2.05) is 0 Å². The molecular weight excluding hydrogens is 477 g/mol. The maximum atomic E-state index is 13.0. The van der Waals surface area contributed by atoms with Gasteiger partial charge in [-0.2, -0.15) is 18.3 Å². The fraction of sp³-hybridized carbons (Fsp3) is 0.273. The van der Waals surface area contributed by atoms with Crippen LogP contribution in [0, 0.1) is 0 Å². The Morgan fingerprint density at radius 1 is 1.18 bits per heavy atom. The minimum Gasteiger partial charge on any atom is -0.497 e. The van der Waals surface area contributed by atoms with Crippen molar-refractivity contribution in [2.75, 3.05) is 32.2 Å². The number of halogens is 4. The highest BCUT2D eigenvalue weighted by molar-refractivity contribution is 6.33. The molecule has 34 heavy (non-hydrogen) atoms. The second kappa shape index (κ2) is 10.7. The van der Waals surface area contributed by atoms with Gasteiger partial charge in [0.1, 0.15) is 23.9 Å². The molecule has 1 aromatic heterocycles. The van der Waals surface area contributed by atoms with Gasteiger partial charge in [-0.05, 0) is 36.4 Å². The quantitative estimate of drug-likeness (QED) is 0.457. The van der Waals surface area contributed by atoms with Crippen LogP contribution in [-0.2, 0) is 7.05 Å². The third kappa shape index (κ3) is 6.12. The summed E-state index contributed by atoms with van der Waals surface area (Å²) in [4.78, 5) is 13.0. The molecule has 0 fully saturated rings. The van der Waals surface area contributed by atoms with Crippen LogP contribution >= 0.6 is 11.6 Å². The minimum absolute atomic E-state index is 0.132. The Morgan fingerprint density at radius 2 is 1.91 bits per heavy atom. The maximum absolute atomic E-state index is 13.0. The lowest BCUT2D eigenvalue weighted by atomic mass is 10.1. The molecule has 12 heteroatoms. The molecule has 1 heterocycles. The van der Waals surface area contributed by atoms with Crippen LogP contribution in [0.5, 0.6) is 17.2 Å². The first-order valence-electron chi connectivity index (χ1n) is 9.96. The van der Waals surface area contributed by atoms with Gasteiger partial charge in [0.15, 0.2) is 6.61 Å². The number of nitrogens with one attached hydrogen (secondary N) is 1. The molecule has 0 radical (unpaired) electrons. The van der Waals surface area contributed by atoms with Gasteiger partial charge < -0.3 is 25.3 Å². The fourth-order valence-electron chi connectivity index (χ4n) is 3.10. The number of rotatable bonds is 9. The zero-order chi connectivity index (χ0) is 24.9. The molecule has 0 saturated carbocycles. The molecule has 0 aliphatic heterocycles. The smallest absolute Gasteiger partial charge is 0.422 e. The van der Waals surface area contributed by atoms with Crippen molar-refractivity contribution in [3.05, 3.63) is 53.2 Å². The van der Waals surface area contributed by atoms with E-state index in [0.29, 0.717) is 27.7 Å². The van der Waals surface area contributed by atoms with Gasteiger partial charge in [0.25, 0.3) is 5.91 Å². The number of nitrogens with two attached hydrogens (primary N) is 1. The number of hydrogen-bond acceptors (Lipinski definition) is 6. The third-order valence-electron chi connectivity index (χ3n) is 4.58. The Labute approximate surface area is 198 Å². The van der Waals surface area contributed by atoms with Crippen molar-refractivity contribution >= 4 is 23.2 Å². The number of anilines is 1. The summed E-state index contributed by atoms with van der Waals surface area (Å²) in [6.07, 6.45) is -3.10. The standard InChI is InChI=1S/C22H22ClF3N4O4/c1-30-20(17(23)11-28-30)15-9-13(3-5-18(15)33-8-7-27)29-21(31)16-10-14(32-2)4-6-19(16)34-12-22(24,25)26/h3-6,9-11H,7-8,12,27H2,1-2H3,(H,29,31). The Bertz CT molecular complexity index is 1150. The number of benzene rings is 2. The molecule has 3 rings (SSSR count). The highest BCUT2D eigenvalue weighted by Crippen LogP contribution is 2.37. The van der Waals surface area contributed by atoms with Crippen molar-refractivity contribution < 1.29 is 32.2 Å². The molecular formula is C22H22ClF3N4O4. The molecule has 8 nitrogen and oxygen atoms in total. The minimum atomic E-state index is -4.57. The van der Waals surface area contributed by atoms with Gasteiger partial charge in [0.2, 0.25) is 0 Å². The van der Waals surface area contributed by atoms with Crippen LogP contribution < -0.4 is 25.3 Å². The van der Waals surface area contributed by atoms with Gasteiger partial charge >= 0.3 is 6.18 Å². The van der Waals surface area contributed by atoms with E-state index in [1.54, 1.807) is 29.9 Å². The van der Waals surface area contributed by atoms with Crippen molar-refractivity contribution in [3.63, 3.8) is 0 Å². The number of nitrogens with zero attached hydrogens (tertiary/aromatic N) is 2. The van der Waals surface area contributed by atoms with Gasteiger partial charge in [0, 0.05) is 24.8 Å². The fourth-order valence-corrected chi connectivity index (χ4v) is 3.37. The highest BCUT2D eigenvalue weighted by Gasteiger charge is 2.29. The molecule has 0 spiro atoms. The molecule has 3 N–H and O–H groups in total. The summed E-state index contributed by atoms with van der Waals surface area (Å²) in [6.45, 7) is -1.01. The van der Waals surface area contributed by atoms with Crippen molar-refractivity contribution in [1.29, 1.82) is 0 Å². The Morgan fingerprint density at radius 3 is 2.53 bits per heavy atom. The van der Waals surface area contributed by atoms with Gasteiger partial charge in [-0.1, -0.05) is 11.6 Å². The van der Waals surface area contributed by atoms with Crippen LogP contribution in [0.3, 0.4) is 0 Å². The van der Waals surface area contributed by atoms with Crippen molar-refractivity contribution in [2.45, 2.75) is 6.18 Å². The lowest BCUT2D eigenvalue weighted by Crippen LogP contribution is -2.21. The van der Waals surface area contributed by atoms with Crippen molar-refractivity contribution in [2.24, 2.45) is 12.8 Å². The molecule has 1 amide bonds. The van der Waals surface area contributed by atoms with Crippen molar-refractivity contribution in [1.82, 2.24) is 9.78 Å². The number of hydrogen-bond donors (Lipinski definition) is 2. The van der Waals surface area contributed by atoms with Crippen LogP contribution in [0.25, 0.3) is 11.3 Å². The lowest BCUT2D eigenvalue weighted by molar-refractivity contribution is -0.153. The number of carbonyl (C=O) groups is 1. The predicted octanol–water partition coefficient (Wildman–Crippen LogP) is 4.28. The molecule has 3 aromatic rings. The molecule has 0 aliphatic rings. The van der Waals surface area contributed by atoms with E-state index in [1.165, 1.54) is 31.5 Å². The average molecular weight is 499 g/mol. The summed E-state index contributed by atoms with van der Waals surface area (Å²) >= 11 is 6.29. The average Bonchev–Trinajstić information content (AvgIpc) is 3.13. The Kier molecular flexibility index (Phi) is 7.90. The number of ether oxygens (including phenoxy) is 3. The predicted molar refractivity (Wildman–Crippen MR) is 121 cm³/mol. The van der Waals surface area contributed by atoms with Crippen LogP contribution in [-0.4, -0.2) is 48.7 Å². The highest BCUT2D eigenvalue weighted by atomic mass is 35.5. The summed E-state index contributed by atoms with van der Waals surface area (Å²) in [5.41, 5.74) is 6.82. The number of alkyl halides is 3. The number of aromatic nitrogens is 2. The van der Waals surface area contributed by atoms with Gasteiger partial charge in [-0.15, -0.1) is 0 Å². The van der Waals surface area contributed by atoms with Crippen LogP contribution in [0.1, 0.15) is 10.4 Å². The van der Waals surface area contributed by atoms with Gasteiger partial charge in [-0.3, -0.25) is 9.48 Å². The first-order chi connectivity index (χ1) is 16.1. The van der Waals surface area contributed by atoms with Gasteiger partial charge in [0.05, 0.1) is 29.6 Å². The summed E-state index contributed by atoms with van der Waals surface area (Å²) in [7, 11) is 3.07. The number of methoxy groups -OCH3 is 1. The van der Waals surface area contributed by atoms with E-state index in [0.717, 1.165) is 0 Å². The van der Waals surface area contributed by atoms with E-state index in [4.69, 9.17) is 31.5 Å². The summed E-state index contributed by atoms with van der Waals surface area (Å²) in [6, 6.07) is 8.74. The molecule has 182 valence electrons. The Balaban J connectivity index is 1.95. The second-order valence-electron chi connectivity index (χ2n) is 7.03. The SMILES string of the molecule is COc1ccc(OCC(F)(F)F)c(C(=O)Nc2ccc(OCCN)c(-c3c(Cl)cnn3C)c2)c1. The van der Waals surface area contributed by atoms with Crippen LogP contribution in [0.4, 0.5) is 18.9 Å². The van der Waals surface area contributed by atoms with E-state index < -0.39 is 18.7 Å². The Hall–Kier alpha value is -3.44.